The maximum Gasteiger partial charge on any atom is 0.176 e. The number of nitrogens with two attached hydrogens (primary N) is 1. The Bertz CT molecular complexity index is 640. The minimum atomic E-state index is -0.0742. The lowest BCUT2D eigenvalue weighted by Crippen LogP contribution is -2.08. The summed E-state index contributed by atoms with van der Waals surface area (Å²) in [6.45, 7) is 1.94. The van der Waals surface area contributed by atoms with Crippen LogP contribution in [-0.2, 0) is 0 Å². The van der Waals surface area contributed by atoms with Crippen LogP contribution in [0.3, 0.4) is 0 Å². The van der Waals surface area contributed by atoms with Crippen molar-refractivity contribution in [3.63, 3.8) is 0 Å². The van der Waals surface area contributed by atoms with E-state index in [0.29, 0.717) is 5.69 Å². The third kappa shape index (κ3) is 1.90. The topological polar surface area (TPSA) is 91.4 Å². The molecule has 0 aliphatic heterocycles. The molecule has 1 aromatic heterocycles. The molecule has 18 heavy (non-hydrogen) atoms. The summed E-state index contributed by atoms with van der Waals surface area (Å²) in [6.07, 6.45) is 1.51. The third-order valence-corrected chi connectivity index (χ3v) is 2.84. The van der Waals surface area contributed by atoms with Gasteiger partial charge in [0, 0.05) is 5.69 Å². The first-order valence-electron chi connectivity index (χ1n) is 5.40. The molecule has 2 rings (SSSR count). The normalized spacial score (nSPS) is 11.5. The standard InChI is InChI=1S/C13H11N5/c1-9(10-2-4-11(16)5-3-10)18-8-17-12(6-14)13(18)7-15/h2-5,8-9H,16H2,1H3. The molecule has 0 fully saturated rings. The monoisotopic (exact) mass is 237 g/mol. The van der Waals surface area contributed by atoms with Crippen molar-refractivity contribution in [1.29, 1.82) is 10.5 Å². The van der Waals surface area contributed by atoms with Gasteiger partial charge >= 0.3 is 0 Å². The van der Waals surface area contributed by atoms with Crippen LogP contribution in [0.25, 0.3) is 0 Å². The summed E-state index contributed by atoms with van der Waals surface area (Å²) in [5, 5.41) is 17.9. The lowest BCUT2D eigenvalue weighted by Gasteiger charge is -2.14. The van der Waals surface area contributed by atoms with E-state index in [9.17, 15) is 0 Å². The van der Waals surface area contributed by atoms with Gasteiger partial charge in [0.25, 0.3) is 0 Å². The number of nitrogen functional groups attached to an aromatic ring is 1. The Labute approximate surface area is 105 Å². The van der Waals surface area contributed by atoms with Gasteiger partial charge in [0.1, 0.15) is 12.1 Å². The molecule has 0 aliphatic carbocycles. The second-order valence-corrected chi connectivity index (χ2v) is 3.92. The molecule has 0 bridgehead atoms. The summed E-state index contributed by atoms with van der Waals surface area (Å²) in [5.74, 6) is 0. The van der Waals surface area contributed by atoms with Gasteiger partial charge in [0.15, 0.2) is 11.4 Å². The van der Waals surface area contributed by atoms with Crippen LogP contribution in [0.1, 0.15) is 29.9 Å². The Balaban J connectivity index is 2.44. The highest BCUT2D eigenvalue weighted by atomic mass is 15.1. The lowest BCUT2D eigenvalue weighted by molar-refractivity contribution is 0.631. The van der Waals surface area contributed by atoms with Crippen molar-refractivity contribution in [2.24, 2.45) is 0 Å². The number of benzene rings is 1. The number of hydrogen-bond donors (Lipinski definition) is 1. The van der Waals surface area contributed by atoms with E-state index in [4.69, 9.17) is 16.3 Å². The molecule has 0 aliphatic rings. The Morgan fingerprint density at radius 2 is 1.89 bits per heavy atom. The average molecular weight is 237 g/mol. The molecule has 2 N–H and O–H groups in total. The van der Waals surface area contributed by atoms with Crippen molar-refractivity contribution in [2.75, 3.05) is 5.73 Å². The number of hydrogen-bond acceptors (Lipinski definition) is 4. The molecule has 1 heterocycles. The first-order valence-corrected chi connectivity index (χ1v) is 5.40. The molecule has 1 unspecified atom stereocenters. The van der Waals surface area contributed by atoms with E-state index < -0.39 is 0 Å². The quantitative estimate of drug-likeness (QED) is 0.806. The van der Waals surface area contributed by atoms with Crippen LogP contribution in [-0.4, -0.2) is 9.55 Å². The maximum atomic E-state index is 9.08. The zero-order valence-corrected chi connectivity index (χ0v) is 9.83. The highest BCUT2D eigenvalue weighted by Gasteiger charge is 2.15. The number of anilines is 1. The van der Waals surface area contributed by atoms with Crippen molar-refractivity contribution in [2.45, 2.75) is 13.0 Å². The molecular weight excluding hydrogens is 226 g/mol. The van der Waals surface area contributed by atoms with Gasteiger partial charge in [-0.3, -0.25) is 0 Å². The highest BCUT2D eigenvalue weighted by molar-refractivity contribution is 5.41. The van der Waals surface area contributed by atoms with Crippen LogP contribution in [0.2, 0.25) is 0 Å². The minimum Gasteiger partial charge on any atom is -0.399 e. The summed E-state index contributed by atoms with van der Waals surface area (Å²) in [5.41, 5.74) is 7.76. The number of nitriles is 2. The van der Waals surface area contributed by atoms with Crippen LogP contribution in [0, 0.1) is 22.7 Å². The van der Waals surface area contributed by atoms with Gasteiger partial charge in [-0.1, -0.05) is 12.1 Å². The van der Waals surface area contributed by atoms with Crippen LogP contribution in [0.15, 0.2) is 30.6 Å². The second-order valence-electron chi connectivity index (χ2n) is 3.92. The summed E-state index contributed by atoms with van der Waals surface area (Å²) >= 11 is 0. The van der Waals surface area contributed by atoms with Gasteiger partial charge in [-0.05, 0) is 24.6 Å². The summed E-state index contributed by atoms with van der Waals surface area (Å²) in [4.78, 5) is 3.92. The molecule has 1 aromatic carbocycles. The smallest absolute Gasteiger partial charge is 0.176 e. The summed E-state index contributed by atoms with van der Waals surface area (Å²) in [7, 11) is 0. The average Bonchev–Trinajstić information content (AvgIpc) is 2.81. The molecule has 0 saturated heterocycles. The van der Waals surface area contributed by atoms with Gasteiger partial charge in [-0.25, -0.2) is 4.98 Å². The SMILES string of the molecule is CC(c1ccc(N)cc1)n1cnc(C#N)c1C#N. The van der Waals surface area contributed by atoms with E-state index in [1.54, 1.807) is 16.7 Å². The molecule has 0 spiro atoms. The maximum absolute atomic E-state index is 9.08. The second kappa shape index (κ2) is 4.60. The van der Waals surface area contributed by atoms with E-state index >= 15 is 0 Å². The van der Waals surface area contributed by atoms with Gasteiger partial charge in [0.05, 0.1) is 12.4 Å². The molecule has 0 saturated carbocycles. The number of nitrogens with zero attached hydrogens (tertiary/aromatic N) is 4. The minimum absolute atomic E-state index is 0.0742. The van der Waals surface area contributed by atoms with Crippen molar-refractivity contribution in [3.05, 3.63) is 47.5 Å². The van der Waals surface area contributed by atoms with Crippen LogP contribution in [0.4, 0.5) is 5.69 Å². The molecular formula is C13H11N5. The first-order chi connectivity index (χ1) is 8.67. The Hall–Kier alpha value is -2.79. The first kappa shape index (κ1) is 11.7. The molecule has 1 atom stereocenters. The number of rotatable bonds is 2. The summed E-state index contributed by atoms with van der Waals surface area (Å²) < 4.78 is 1.68. The van der Waals surface area contributed by atoms with Crippen molar-refractivity contribution < 1.29 is 0 Å². The Morgan fingerprint density at radius 3 is 2.44 bits per heavy atom. The fourth-order valence-electron chi connectivity index (χ4n) is 1.78. The van der Waals surface area contributed by atoms with Crippen LogP contribution < -0.4 is 5.73 Å². The fourth-order valence-corrected chi connectivity index (χ4v) is 1.78. The largest absolute Gasteiger partial charge is 0.399 e. The van der Waals surface area contributed by atoms with Crippen LogP contribution in [0.5, 0.6) is 0 Å². The van der Waals surface area contributed by atoms with Crippen molar-refractivity contribution >= 4 is 5.69 Å². The van der Waals surface area contributed by atoms with Crippen LogP contribution >= 0.6 is 0 Å². The van der Waals surface area contributed by atoms with Crippen molar-refractivity contribution in [1.82, 2.24) is 9.55 Å². The molecule has 0 amide bonds. The predicted molar refractivity (Wildman–Crippen MR) is 66.3 cm³/mol. The number of imidazole rings is 1. The van der Waals surface area contributed by atoms with E-state index in [1.165, 1.54) is 6.33 Å². The predicted octanol–water partition coefficient (Wildman–Crippen LogP) is 1.82. The zero-order valence-electron chi connectivity index (χ0n) is 9.83. The van der Waals surface area contributed by atoms with E-state index in [-0.39, 0.29) is 17.4 Å². The summed E-state index contributed by atoms with van der Waals surface area (Å²) in [6, 6.07) is 11.2. The van der Waals surface area contributed by atoms with Crippen molar-refractivity contribution in [3.8, 4) is 12.1 Å². The van der Waals surface area contributed by atoms with E-state index in [2.05, 4.69) is 4.98 Å². The Kier molecular flexibility index (Phi) is 2.99. The fraction of sp³-hybridized carbons (Fsp3) is 0.154. The molecule has 5 heteroatoms. The van der Waals surface area contributed by atoms with E-state index in [0.717, 1.165) is 5.56 Å². The highest BCUT2D eigenvalue weighted by Crippen LogP contribution is 2.21. The van der Waals surface area contributed by atoms with E-state index in [1.807, 2.05) is 31.2 Å². The zero-order chi connectivity index (χ0) is 13.1. The third-order valence-electron chi connectivity index (χ3n) is 2.84. The molecule has 0 radical (unpaired) electrons. The molecule has 88 valence electrons. The van der Waals surface area contributed by atoms with Gasteiger partial charge in [-0.15, -0.1) is 0 Å². The Morgan fingerprint density at radius 1 is 1.22 bits per heavy atom. The number of aromatic nitrogens is 2. The lowest BCUT2D eigenvalue weighted by atomic mass is 10.1. The molecule has 5 nitrogen and oxygen atoms in total. The van der Waals surface area contributed by atoms with Gasteiger partial charge < -0.3 is 10.3 Å². The van der Waals surface area contributed by atoms with Gasteiger partial charge in [0.2, 0.25) is 0 Å². The molecule has 2 aromatic rings. The van der Waals surface area contributed by atoms with Gasteiger partial charge in [-0.2, -0.15) is 10.5 Å².